The summed E-state index contributed by atoms with van der Waals surface area (Å²) in [6.45, 7) is 4.06. The van der Waals surface area contributed by atoms with Crippen LogP contribution in [0, 0.1) is 6.92 Å². The molecule has 0 bridgehead atoms. The van der Waals surface area contributed by atoms with Crippen molar-refractivity contribution in [2.75, 3.05) is 11.9 Å². The summed E-state index contributed by atoms with van der Waals surface area (Å²) in [5.74, 6) is -1.27. The van der Waals surface area contributed by atoms with Crippen LogP contribution < -0.4 is 10.6 Å². The number of amides is 2. The Balaban J connectivity index is 2.73. The lowest BCUT2D eigenvalue weighted by Gasteiger charge is -2.08. The van der Waals surface area contributed by atoms with E-state index in [0.29, 0.717) is 12.2 Å². The van der Waals surface area contributed by atoms with E-state index in [2.05, 4.69) is 26.6 Å². The van der Waals surface area contributed by atoms with Gasteiger partial charge in [0.2, 0.25) is 0 Å². The van der Waals surface area contributed by atoms with Crippen molar-refractivity contribution in [1.29, 1.82) is 0 Å². The van der Waals surface area contributed by atoms with Crippen LogP contribution in [0.4, 0.5) is 5.69 Å². The Morgan fingerprint density at radius 3 is 2.56 bits per heavy atom. The minimum absolute atomic E-state index is 0.436. The van der Waals surface area contributed by atoms with Crippen LogP contribution in [0.25, 0.3) is 0 Å². The molecule has 5 heteroatoms. The molecule has 1 aromatic rings. The average Bonchev–Trinajstić information content (AvgIpc) is 2.22. The highest BCUT2D eigenvalue weighted by Gasteiger charge is 2.13. The maximum absolute atomic E-state index is 11.4. The summed E-state index contributed by atoms with van der Waals surface area (Å²) in [5.41, 5.74) is 1.53. The molecule has 0 aromatic heterocycles. The fraction of sp³-hybridized carbons (Fsp3) is 0.273. The van der Waals surface area contributed by atoms with Gasteiger partial charge in [0.1, 0.15) is 0 Å². The highest BCUT2D eigenvalue weighted by Crippen LogP contribution is 2.19. The number of hydrogen-bond donors (Lipinski definition) is 2. The van der Waals surface area contributed by atoms with Gasteiger partial charge in [-0.15, -0.1) is 0 Å². The third-order valence-electron chi connectivity index (χ3n) is 1.98. The van der Waals surface area contributed by atoms with E-state index < -0.39 is 11.8 Å². The summed E-state index contributed by atoms with van der Waals surface area (Å²) in [7, 11) is 0. The van der Waals surface area contributed by atoms with Gasteiger partial charge in [-0.2, -0.15) is 0 Å². The minimum Gasteiger partial charge on any atom is -0.348 e. The molecule has 0 radical (unpaired) electrons. The van der Waals surface area contributed by atoms with E-state index in [0.717, 1.165) is 10.0 Å². The fourth-order valence-electron chi connectivity index (χ4n) is 1.19. The topological polar surface area (TPSA) is 58.2 Å². The normalized spacial score (nSPS) is 9.69. The van der Waals surface area contributed by atoms with Gasteiger partial charge < -0.3 is 10.6 Å². The average molecular weight is 285 g/mol. The molecule has 2 N–H and O–H groups in total. The van der Waals surface area contributed by atoms with Gasteiger partial charge in [0, 0.05) is 16.7 Å². The molecular formula is C11H13BrN2O2. The second-order valence-electron chi connectivity index (χ2n) is 3.27. The summed E-state index contributed by atoms with van der Waals surface area (Å²) >= 11 is 3.32. The Hall–Kier alpha value is -1.36. The smallest absolute Gasteiger partial charge is 0.313 e. The number of likely N-dealkylation sites (N-methyl/N-ethyl adjacent to an activating group) is 1. The lowest BCUT2D eigenvalue weighted by Crippen LogP contribution is -2.35. The number of halogens is 1. The predicted octanol–water partition coefficient (Wildman–Crippen LogP) is 1.83. The maximum atomic E-state index is 11.4. The van der Waals surface area contributed by atoms with Crippen LogP contribution in [0.2, 0.25) is 0 Å². The highest BCUT2D eigenvalue weighted by molar-refractivity contribution is 9.10. The van der Waals surface area contributed by atoms with Crippen molar-refractivity contribution in [1.82, 2.24) is 5.32 Å². The zero-order chi connectivity index (χ0) is 12.1. The fourth-order valence-corrected chi connectivity index (χ4v) is 1.66. The van der Waals surface area contributed by atoms with Crippen LogP contribution in [-0.2, 0) is 9.59 Å². The van der Waals surface area contributed by atoms with Crippen LogP contribution in [0.1, 0.15) is 12.5 Å². The largest absolute Gasteiger partial charge is 0.348 e. The van der Waals surface area contributed by atoms with Gasteiger partial charge in [-0.05, 0) is 37.6 Å². The second-order valence-corrected chi connectivity index (χ2v) is 4.19. The van der Waals surface area contributed by atoms with E-state index in [4.69, 9.17) is 0 Å². The summed E-state index contributed by atoms with van der Waals surface area (Å²) < 4.78 is 0.931. The SMILES string of the molecule is CCNC(=O)C(=O)Nc1ccc(Br)cc1C. The van der Waals surface area contributed by atoms with Crippen molar-refractivity contribution in [2.24, 2.45) is 0 Å². The minimum atomic E-state index is -0.646. The van der Waals surface area contributed by atoms with Crippen molar-refractivity contribution in [2.45, 2.75) is 13.8 Å². The molecular weight excluding hydrogens is 272 g/mol. The Labute approximate surface area is 103 Å². The quantitative estimate of drug-likeness (QED) is 0.814. The molecule has 0 atom stereocenters. The summed E-state index contributed by atoms with van der Waals surface area (Å²) in [4.78, 5) is 22.6. The van der Waals surface area contributed by atoms with E-state index in [1.165, 1.54) is 0 Å². The summed E-state index contributed by atoms with van der Waals surface area (Å²) in [6, 6.07) is 5.42. The molecule has 0 heterocycles. The van der Waals surface area contributed by atoms with E-state index in [9.17, 15) is 9.59 Å². The van der Waals surface area contributed by atoms with Crippen molar-refractivity contribution in [3.63, 3.8) is 0 Å². The molecule has 0 aliphatic carbocycles. The molecule has 0 saturated heterocycles. The van der Waals surface area contributed by atoms with Crippen molar-refractivity contribution < 1.29 is 9.59 Å². The first-order valence-corrected chi connectivity index (χ1v) is 5.69. The molecule has 0 aliphatic rings. The molecule has 86 valence electrons. The van der Waals surface area contributed by atoms with Crippen molar-refractivity contribution >= 4 is 33.4 Å². The van der Waals surface area contributed by atoms with Crippen LogP contribution in [-0.4, -0.2) is 18.4 Å². The van der Waals surface area contributed by atoms with Gasteiger partial charge in [-0.1, -0.05) is 15.9 Å². The summed E-state index contributed by atoms with van der Waals surface area (Å²) in [6.07, 6.45) is 0. The third kappa shape index (κ3) is 3.34. The third-order valence-corrected chi connectivity index (χ3v) is 2.47. The Morgan fingerprint density at radius 2 is 2.00 bits per heavy atom. The number of hydrogen-bond acceptors (Lipinski definition) is 2. The Bertz CT molecular complexity index is 418. The lowest BCUT2D eigenvalue weighted by molar-refractivity contribution is -0.136. The van der Waals surface area contributed by atoms with Gasteiger partial charge in [0.05, 0.1) is 0 Å². The molecule has 0 saturated carbocycles. The second kappa shape index (κ2) is 5.65. The molecule has 0 spiro atoms. The monoisotopic (exact) mass is 284 g/mol. The van der Waals surface area contributed by atoms with E-state index in [1.807, 2.05) is 13.0 Å². The highest BCUT2D eigenvalue weighted by atomic mass is 79.9. The number of carbonyl (C=O) groups is 2. The van der Waals surface area contributed by atoms with Crippen LogP contribution in [0.5, 0.6) is 0 Å². The predicted molar refractivity (Wildman–Crippen MR) is 66.2 cm³/mol. The van der Waals surface area contributed by atoms with Gasteiger partial charge in [-0.25, -0.2) is 0 Å². The lowest BCUT2D eigenvalue weighted by atomic mass is 10.2. The van der Waals surface area contributed by atoms with Crippen molar-refractivity contribution in [3.05, 3.63) is 28.2 Å². The molecule has 4 nitrogen and oxygen atoms in total. The Morgan fingerprint density at radius 1 is 1.31 bits per heavy atom. The molecule has 1 aromatic carbocycles. The van der Waals surface area contributed by atoms with Crippen LogP contribution in [0.15, 0.2) is 22.7 Å². The molecule has 0 unspecified atom stereocenters. The van der Waals surface area contributed by atoms with Gasteiger partial charge >= 0.3 is 11.8 Å². The maximum Gasteiger partial charge on any atom is 0.313 e. The number of anilines is 1. The molecule has 16 heavy (non-hydrogen) atoms. The van der Waals surface area contributed by atoms with Crippen LogP contribution >= 0.6 is 15.9 Å². The molecule has 1 rings (SSSR count). The first-order valence-electron chi connectivity index (χ1n) is 4.90. The molecule has 0 fully saturated rings. The number of benzene rings is 1. The first kappa shape index (κ1) is 12.7. The number of carbonyl (C=O) groups excluding carboxylic acids is 2. The number of rotatable bonds is 2. The zero-order valence-corrected chi connectivity index (χ0v) is 10.7. The van der Waals surface area contributed by atoms with E-state index >= 15 is 0 Å². The number of aryl methyl sites for hydroxylation is 1. The van der Waals surface area contributed by atoms with Crippen molar-refractivity contribution in [3.8, 4) is 0 Å². The Kier molecular flexibility index (Phi) is 4.49. The first-order chi connectivity index (χ1) is 7.54. The number of nitrogens with one attached hydrogen (secondary N) is 2. The van der Waals surface area contributed by atoms with Gasteiger partial charge in [0.25, 0.3) is 0 Å². The van der Waals surface area contributed by atoms with E-state index in [-0.39, 0.29) is 0 Å². The van der Waals surface area contributed by atoms with Crippen LogP contribution in [0.3, 0.4) is 0 Å². The van der Waals surface area contributed by atoms with Gasteiger partial charge in [-0.3, -0.25) is 9.59 Å². The standard InChI is InChI=1S/C11H13BrN2O2/c1-3-13-10(15)11(16)14-9-5-4-8(12)6-7(9)2/h4-6H,3H2,1-2H3,(H,13,15)(H,14,16). The molecule has 0 aliphatic heterocycles. The van der Waals surface area contributed by atoms with E-state index in [1.54, 1.807) is 19.1 Å². The molecule has 2 amide bonds. The summed E-state index contributed by atoms with van der Waals surface area (Å²) in [5, 5.41) is 4.99. The van der Waals surface area contributed by atoms with Gasteiger partial charge in [0.15, 0.2) is 0 Å². The zero-order valence-electron chi connectivity index (χ0n) is 9.13.